The summed E-state index contributed by atoms with van der Waals surface area (Å²) in [6.45, 7) is 5.38. The molecule has 3 N–H and O–H groups in total. The molecule has 3 aromatic rings. The van der Waals surface area contributed by atoms with Crippen molar-refractivity contribution in [3.05, 3.63) is 34.6 Å². The molecular formula is C15H16N4O2. The number of aromatic nitrogens is 3. The highest BCUT2D eigenvalue weighted by atomic mass is 16.2. The minimum absolute atomic E-state index is 0.152. The molecule has 0 radical (unpaired) electrons. The zero-order valence-electron chi connectivity index (χ0n) is 12.1. The number of hydrogen-bond acceptors (Lipinski definition) is 3. The van der Waals surface area contributed by atoms with Gasteiger partial charge in [0.15, 0.2) is 0 Å². The van der Waals surface area contributed by atoms with Gasteiger partial charge in [0.1, 0.15) is 5.65 Å². The van der Waals surface area contributed by atoms with Crippen LogP contribution in [0.2, 0.25) is 0 Å². The highest BCUT2D eigenvalue weighted by Gasteiger charge is 2.22. The summed E-state index contributed by atoms with van der Waals surface area (Å²) in [5.74, 6) is -0.0555. The summed E-state index contributed by atoms with van der Waals surface area (Å²) in [7, 11) is 0. The lowest BCUT2D eigenvalue weighted by Gasteiger charge is -2.16. The fourth-order valence-electron chi connectivity index (χ4n) is 2.11. The third kappa shape index (κ3) is 2.29. The van der Waals surface area contributed by atoms with Gasteiger partial charge in [0, 0.05) is 16.3 Å². The number of amides is 1. The van der Waals surface area contributed by atoms with E-state index in [9.17, 15) is 9.59 Å². The average molecular weight is 284 g/mol. The molecule has 0 aliphatic carbocycles. The van der Waals surface area contributed by atoms with Crippen molar-refractivity contribution in [2.45, 2.75) is 20.8 Å². The number of carbonyl (C=O) groups excluding carboxylic acids is 1. The molecule has 0 saturated heterocycles. The van der Waals surface area contributed by atoms with Crippen molar-refractivity contribution in [1.29, 1.82) is 0 Å². The lowest BCUT2D eigenvalue weighted by molar-refractivity contribution is -0.123. The van der Waals surface area contributed by atoms with Crippen molar-refractivity contribution in [3.63, 3.8) is 0 Å². The Kier molecular flexibility index (Phi) is 2.83. The molecule has 0 fully saturated rings. The van der Waals surface area contributed by atoms with E-state index in [4.69, 9.17) is 0 Å². The molecule has 0 spiro atoms. The van der Waals surface area contributed by atoms with Crippen LogP contribution in [0.5, 0.6) is 0 Å². The van der Waals surface area contributed by atoms with Crippen molar-refractivity contribution in [3.8, 4) is 0 Å². The van der Waals surface area contributed by atoms with Gasteiger partial charge < -0.3 is 4.98 Å². The van der Waals surface area contributed by atoms with Gasteiger partial charge in [-0.1, -0.05) is 39.0 Å². The van der Waals surface area contributed by atoms with E-state index in [1.165, 1.54) is 0 Å². The fraction of sp³-hybridized carbons (Fsp3) is 0.267. The number of rotatable bonds is 1. The molecule has 0 aliphatic rings. The fourth-order valence-corrected chi connectivity index (χ4v) is 2.11. The Labute approximate surface area is 120 Å². The first kappa shape index (κ1) is 13.4. The highest BCUT2D eigenvalue weighted by Crippen LogP contribution is 2.21. The largest absolute Gasteiger partial charge is 0.339 e. The van der Waals surface area contributed by atoms with Gasteiger partial charge in [0.2, 0.25) is 11.9 Å². The molecule has 21 heavy (non-hydrogen) atoms. The van der Waals surface area contributed by atoms with Gasteiger partial charge in [-0.25, -0.2) is 0 Å². The molecule has 108 valence electrons. The monoisotopic (exact) mass is 284 g/mol. The van der Waals surface area contributed by atoms with Gasteiger partial charge in [0.05, 0.1) is 5.39 Å². The molecule has 2 aromatic heterocycles. The van der Waals surface area contributed by atoms with Crippen LogP contribution in [0.3, 0.4) is 0 Å². The molecule has 3 rings (SSSR count). The molecule has 6 nitrogen and oxygen atoms in total. The first-order valence-corrected chi connectivity index (χ1v) is 6.68. The number of aromatic amines is 2. The molecule has 0 saturated carbocycles. The highest BCUT2D eigenvalue weighted by molar-refractivity contribution is 6.05. The second-order valence-electron chi connectivity index (χ2n) is 6.01. The minimum Gasteiger partial charge on any atom is -0.339 e. The lowest BCUT2D eigenvalue weighted by atomic mass is 9.96. The number of para-hydroxylation sites is 1. The van der Waals surface area contributed by atoms with Crippen LogP contribution in [0.1, 0.15) is 20.8 Å². The Bertz CT molecular complexity index is 899. The molecule has 0 unspecified atom stereocenters. The van der Waals surface area contributed by atoms with Gasteiger partial charge in [-0.3, -0.25) is 19.9 Å². The van der Waals surface area contributed by atoms with Crippen molar-refractivity contribution in [2.75, 3.05) is 5.32 Å². The Morgan fingerprint density at radius 1 is 1.19 bits per heavy atom. The maximum absolute atomic E-state index is 12.2. The van der Waals surface area contributed by atoms with E-state index >= 15 is 0 Å². The van der Waals surface area contributed by atoms with E-state index in [0.29, 0.717) is 11.0 Å². The van der Waals surface area contributed by atoms with Crippen LogP contribution in [0, 0.1) is 5.41 Å². The summed E-state index contributed by atoms with van der Waals surface area (Å²) in [6, 6.07) is 7.49. The summed E-state index contributed by atoms with van der Waals surface area (Å²) in [5.41, 5.74) is 0.462. The summed E-state index contributed by atoms with van der Waals surface area (Å²) in [5, 5.41) is 3.95. The lowest BCUT2D eigenvalue weighted by Crippen LogP contribution is -2.29. The third-order valence-electron chi connectivity index (χ3n) is 3.28. The van der Waals surface area contributed by atoms with E-state index in [0.717, 1.165) is 10.9 Å². The van der Waals surface area contributed by atoms with Gasteiger partial charge in [-0.15, -0.1) is 0 Å². The van der Waals surface area contributed by atoms with E-state index in [1.807, 2.05) is 24.3 Å². The first-order valence-electron chi connectivity index (χ1n) is 6.68. The van der Waals surface area contributed by atoms with Gasteiger partial charge >= 0.3 is 0 Å². The number of anilines is 1. The standard InChI is InChI=1S/C15H16N4O2/c1-15(2,3)13(21)19-14-17-11-10(12(20)18-14)8-6-4-5-7-9(8)16-11/h4-7H,1-3H3,(H3,16,17,18,19,20,21). The van der Waals surface area contributed by atoms with Crippen LogP contribution in [0.25, 0.3) is 21.9 Å². The molecule has 1 amide bonds. The van der Waals surface area contributed by atoms with Gasteiger partial charge in [-0.05, 0) is 6.07 Å². The molecule has 0 atom stereocenters. The Hall–Kier alpha value is -2.63. The van der Waals surface area contributed by atoms with Crippen molar-refractivity contribution in [1.82, 2.24) is 15.0 Å². The SMILES string of the molecule is CC(C)(C)C(=O)Nc1nc2[nH]c3ccccc3c2c(=O)[nH]1. The number of fused-ring (bicyclic) bond motifs is 3. The predicted molar refractivity (Wildman–Crippen MR) is 82.3 cm³/mol. The van der Waals surface area contributed by atoms with Crippen LogP contribution in [0.4, 0.5) is 5.95 Å². The summed E-state index contributed by atoms with van der Waals surface area (Å²) < 4.78 is 0. The summed E-state index contributed by atoms with van der Waals surface area (Å²) in [4.78, 5) is 34.2. The van der Waals surface area contributed by atoms with Crippen LogP contribution < -0.4 is 10.9 Å². The zero-order valence-corrected chi connectivity index (χ0v) is 12.1. The minimum atomic E-state index is -0.562. The van der Waals surface area contributed by atoms with Crippen LogP contribution in [0.15, 0.2) is 29.1 Å². The first-order chi connectivity index (χ1) is 9.86. The second-order valence-corrected chi connectivity index (χ2v) is 6.01. The quantitative estimate of drug-likeness (QED) is 0.640. The van der Waals surface area contributed by atoms with E-state index in [2.05, 4.69) is 20.3 Å². The topological polar surface area (TPSA) is 90.6 Å². The number of carbonyl (C=O) groups is 1. The second kappa shape index (κ2) is 4.44. The van der Waals surface area contributed by atoms with Crippen LogP contribution in [-0.4, -0.2) is 20.9 Å². The molecule has 6 heteroatoms. The van der Waals surface area contributed by atoms with Crippen molar-refractivity contribution >= 4 is 33.8 Å². The summed E-state index contributed by atoms with van der Waals surface area (Å²) >= 11 is 0. The maximum Gasteiger partial charge on any atom is 0.262 e. The average Bonchev–Trinajstić information content (AvgIpc) is 2.75. The number of hydrogen-bond donors (Lipinski definition) is 3. The Balaban J connectivity index is 2.14. The smallest absolute Gasteiger partial charge is 0.262 e. The molecule has 0 aliphatic heterocycles. The molecule has 1 aromatic carbocycles. The van der Waals surface area contributed by atoms with Gasteiger partial charge in [0.25, 0.3) is 5.56 Å². The van der Waals surface area contributed by atoms with E-state index in [1.54, 1.807) is 20.8 Å². The number of nitrogens with one attached hydrogen (secondary N) is 3. The van der Waals surface area contributed by atoms with E-state index in [-0.39, 0.29) is 17.4 Å². The predicted octanol–water partition coefficient (Wildman–Crippen LogP) is 2.39. The molecule has 2 heterocycles. The molecule has 0 bridgehead atoms. The van der Waals surface area contributed by atoms with Crippen molar-refractivity contribution in [2.24, 2.45) is 5.41 Å². The number of nitrogens with zero attached hydrogens (tertiary/aromatic N) is 1. The van der Waals surface area contributed by atoms with Crippen LogP contribution >= 0.6 is 0 Å². The Morgan fingerprint density at radius 2 is 1.90 bits per heavy atom. The van der Waals surface area contributed by atoms with E-state index < -0.39 is 5.41 Å². The zero-order chi connectivity index (χ0) is 15.2. The maximum atomic E-state index is 12.2. The Morgan fingerprint density at radius 3 is 2.62 bits per heavy atom. The van der Waals surface area contributed by atoms with Crippen molar-refractivity contribution < 1.29 is 4.79 Å². The van der Waals surface area contributed by atoms with Crippen LogP contribution in [-0.2, 0) is 4.79 Å². The summed E-state index contributed by atoms with van der Waals surface area (Å²) in [6.07, 6.45) is 0. The third-order valence-corrected chi connectivity index (χ3v) is 3.28. The molecular weight excluding hydrogens is 268 g/mol. The number of H-pyrrole nitrogens is 2. The number of benzene rings is 1. The van der Waals surface area contributed by atoms with Gasteiger partial charge in [-0.2, -0.15) is 4.98 Å². The normalized spacial score (nSPS) is 12.0.